The fourth-order valence-electron chi connectivity index (χ4n) is 4.07. The molecule has 2 aromatic rings. The Hall–Kier alpha value is -1.89. The second kappa shape index (κ2) is 4.59. The van der Waals surface area contributed by atoms with Crippen molar-refractivity contribution < 1.29 is 4.79 Å². The Bertz CT molecular complexity index is 698. The van der Waals surface area contributed by atoms with Gasteiger partial charge in [0.25, 0.3) is 0 Å². The Kier molecular flexibility index (Phi) is 2.73. The molecule has 0 aromatic heterocycles. The van der Waals surface area contributed by atoms with Gasteiger partial charge in [-0.25, -0.2) is 0 Å². The van der Waals surface area contributed by atoms with E-state index in [-0.39, 0.29) is 0 Å². The van der Waals surface area contributed by atoms with E-state index in [0.717, 1.165) is 46.8 Å². The minimum atomic E-state index is 0.727. The van der Waals surface area contributed by atoms with Crippen LogP contribution in [0.2, 0.25) is 0 Å². The number of aldehydes is 1. The number of allylic oxidation sites excluding steroid dienone is 2. The maximum Gasteiger partial charge on any atom is 0.150 e. The molecule has 20 heavy (non-hydrogen) atoms. The van der Waals surface area contributed by atoms with E-state index in [4.69, 9.17) is 0 Å². The molecule has 2 aromatic carbocycles. The maximum absolute atomic E-state index is 11.6. The summed E-state index contributed by atoms with van der Waals surface area (Å²) in [7, 11) is 0. The monoisotopic (exact) mass is 262 g/mol. The highest BCUT2D eigenvalue weighted by Crippen LogP contribution is 2.45. The Morgan fingerprint density at radius 3 is 2.70 bits per heavy atom. The summed E-state index contributed by atoms with van der Waals surface area (Å²) in [6, 6.07) is 12.5. The molecule has 4 rings (SSSR count). The van der Waals surface area contributed by atoms with E-state index in [1.54, 1.807) is 0 Å². The molecule has 0 saturated heterocycles. The largest absolute Gasteiger partial charge is 0.298 e. The highest BCUT2D eigenvalue weighted by Gasteiger charge is 2.35. The third kappa shape index (κ3) is 1.81. The van der Waals surface area contributed by atoms with Gasteiger partial charge in [-0.15, -0.1) is 0 Å². The molecule has 0 N–H and O–H groups in total. The number of rotatable bonds is 3. The van der Waals surface area contributed by atoms with E-state index >= 15 is 0 Å². The summed E-state index contributed by atoms with van der Waals surface area (Å²) in [6.07, 6.45) is 9.48. The lowest BCUT2D eigenvalue weighted by atomic mass is 9.85. The quantitative estimate of drug-likeness (QED) is 0.591. The summed E-state index contributed by atoms with van der Waals surface area (Å²) in [5.74, 6) is 2.26. The number of hydrogen-bond acceptors (Lipinski definition) is 1. The van der Waals surface area contributed by atoms with Crippen LogP contribution in [0.3, 0.4) is 0 Å². The second-order valence-electron chi connectivity index (χ2n) is 6.22. The minimum Gasteiger partial charge on any atom is -0.298 e. The summed E-state index contributed by atoms with van der Waals surface area (Å²) >= 11 is 0. The molecule has 2 bridgehead atoms. The van der Waals surface area contributed by atoms with Crippen LogP contribution >= 0.6 is 0 Å². The number of carbonyl (C=O) groups is 1. The van der Waals surface area contributed by atoms with Crippen LogP contribution in [0, 0.1) is 17.8 Å². The Morgan fingerprint density at radius 2 is 1.95 bits per heavy atom. The molecule has 3 unspecified atom stereocenters. The third-order valence-corrected chi connectivity index (χ3v) is 5.08. The number of hydrogen-bond donors (Lipinski definition) is 0. The number of fused-ring (bicyclic) bond motifs is 3. The van der Waals surface area contributed by atoms with E-state index in [9.17, 15) is 4.79 Å². The molecule has 2 aliphatic rings. The zero-order chi connectivity index (χ0) is 13.5. The Morgan fingerprint density at radius 1 is 1.05 bits per heavy atom. The van der Waals surface area contributed by atoms with Crippen LogP contribution in [-0.2, 0) is 6.42 Å². The molecule has 100 valence electrons. The predicted octanol–water partition coefficient (Wildman–Crippen LogP) is 4.41. The highest BCUT2D eigenvalue weighted by atomic mass is 16.1. The molecule has 0 heterocycles. The van der Waals surface area contributed by atoms with Gasteiger partial charge in [0.2, 0.25) is 0 Å². The van der Waals surface area contributed by atoms with Gasteiger partial charge >= 0.3 is 0 Å². The van der Waals surface area contributed by atoms with Crippen LogP contribution in [0.4, 0.5) is 0 Å². The molecule has 0 aliphatic heterocycles. The standard InChI is InChI=1S/C19H18O/c20-12-19-16(8-7-14-3-1-2-4-18(14)19)11-17-10-13-5-6-15(17)9-13/h1-8,12-13,15,17H,9-11H2. The smallest absolute Gasteiger partial charge is 0.150 e. The van der Waals surface area contributed by atoms with Gasteiger partial charge in [-0.3, -0.25) is 4.79 Å². The van der Waals surface area contributed by atoms with Crippen LogP contribution < -0.4 is 0 Å². The van der Waals surface area contributed by atoms with E-state index in [0.29, 0.717) is 0 Å². The summed E-state index contributed by atoms with van der Waals surface area (Å²) in [5, 5.41) is 2.25. The third-order valence-electron chi connectivity index (χ3n) is 5.08. The van der Waals surface area contributed by atoms with Crippen LogP contribution in [0.5, 0.6) is 0 Å². The van der Waals surface area contributed by atoms with Crippen LogP contribution in [0.25, 0.3) is 10.8 Å². The van der Waals surface area contributed by atoms with Gasteiger partial charge in [0.15, 0.2) is 6.29 Å². The summed E-state index contributed by atoms with van der Waals surface area (Å²) in [4.78, 5) is 11.6. The summed E-state index contributed by atoms with van der Waals surface area (Å²) in [6.45, 7) is 0. The van der Waals surface area contributed by atoms with Crippen molar-refractivity contribution in [3.05, 3.63) is 59.7 Å². The zero-order valence-electron chi connectivity index (χ0n) is 11.5. The lowest BCUT2D eigenvalue weighted by molar-refractivity contribution is 0.112. The molecule has 1 nitrogen and oxygen atoms in total. The molecule has 0 radical (unpaired) electrons. The van der Waals surface area contributed by atoms with Crippen molar-refractivity contribution in [2.45, 2.75) is 19.3 Å². The fourth-order valence-corrected chi connectivity index (χ4v) is 4.07. The van der Waals surface area contributed by atoms with Crippen LogP contribution in [-0.4, -0.2) is 6.29 Å². The average molecular weight is 262 g/mol. The van der Waals surface area contributed by atoms with E-state index in [1.807, 2.05) is 12.1 Å². The van der Waals surface area contributed by atoms with Crippen molar-refractivity contribution in [3.8, 4) is 0 Å². The molecule has 3 atom stereocenters. The highest BCUT2D eigenvalue weighted by molar-refractivity contribution is 5.99. The van der Waals surface area contributed by atoms with Crippen molar-refractivity contribution in [1.82, 2.24) is 0 Å². The molecule has 0 spiro atoms. The zero-order valence-corrected chi connectivity index (χ0v) is 11.5. The number of benzene rings is 2. The van der Waals surface area contributed by atoms with Crippen molar-refractivity contribution in [3.63, 3.8) is 0 Å². The average Bonchev–Trinajstić information content (AvgIpc) is 3.09. The van der Waals surface area contributed by atoms with Crippen LogP contribution in [0.15, 0.2) is 48.6 Å². The van der Waals surface area contributed by atoms with Gasteiger partial charge < -0.3 is 0 Å². The predicted molar refractivity (Wildman–Crippen MR) is 81.9 cm³/mol. The molecule has 1 saturated carbocycles. The first-order chi connectivity index (χ1) is 9.85. The van der Waals surface area contributed by atoms with Gasteiger partial charge in [0, 0.05) is 5.56 Å². The second-order valence-corrected chi connectivity index (χ2v) is 6.22. The van der Waals surface area contributed by atoms with E-state index in [2.05, 4.69) is 36.4 Å². The van der Waals surface area contributed by atoms with Crippen LogP contribution in [0.1, 0.15) is 28.8 Å². The van der Waals surface area contributed by atoms with Gasteiger partial charge in [0.05, 0.1) is 0 Å². The lowest BCUT2D eigenvalue weighted by Gasteiger charge is -2.19. The summed E-state index contributed by atoms with van der Waals surface area (Å²) < 4.78 is 0. The SMILES string of the molecule is O=Cc1c(CC2CC3C=CC2C3)ccc2ccccc12. The Labute approximate surface area is 119 Å². The minimum absolute atomic E-state index is 0.727. The van der Waals surface area contributed by atoms with Crippen molar-refractivity contribution >= 4 is 17.1 Å². The molecular weight excluding hydrogens is 244 g/mol. The first-order valence-corrected chi connectivity index (χ1v) is 7.49. The topological polar surface area (TPSA) is 17.1 Å². The molecule has 1 heteroatoms. The van der Waals surface area contributed by atoms with Gasteiger partial charge in [-0.05, 0) is 53.4 Å². The van der Waals surface area contributed by atoms with Crippen molar-refractivity contribution in [2.24, 2.45) is 17.8 Å². The number of carbonyl (C=O) groups excluding carboxylic acids is 1. The maximum atomic E-state index is 11.6. The van der Waals surface area contributed by atoms with Gasteiger partial charge in [-0.2, -0.15) is 0 Å². The normalized spacial score (nSPS) is 27.3. The fraction of sp³-hybridized carbons (Fsp3) is 0.316. The van der Waals surface area contributed by atoms with Crippen molar-refractivity contribution in [2.75, 3.05) is 0 Å². The molecule has 0 amide bonds. The van der Waals surface area contributed by atoms with E-state index < -0.39 is 0 Å². The van der Waals surface area contributed by atoms with Gasteiger partial charge in [0.1, 0.15) is 0 Å². The molecule has 2 aliphatic carbocycles. The molecule has 1 fully saturated rings. The Balaban J connectivity index is 1.72. The van der Waals surface area contributed by atoms with Gasteiger partial charge in [-0.1, -0.05) is 48.6 Å². The molecular formula is C19H18O. The summed E-state index contributed by atoms with van der Waals surface area (Å²) in [5.41, 5.74) is 2.12. The first kappa shape index (κ1) is 11.9. The van der Waals surface area contributed by atoms with Crippen molar-refractivity contribution in [1.29, 1.82) is 0 Å². The first-order valence-electron chi connectivity index (χ1n) is 7.49. The lowest BCUT2D eigenvalue weighted by Crippen LogP contribution is -2.11. The van der Waals surface area contributed by atoms with E-state index in [1.165, 1.54) is 18.4 Å².